The lowest BCUT2D eigenvalue weighted by Crippen LogP contribution is -1.97. The van der Waals surface area contributed by atoms with Gasteiger partial charge >= 0.3 is 0 Å². The Morgan fingerprint density at radius 2 is 1.65 bits per heavy atom. The minimum atomic E-state index is 0.576. The van der Waals surface area contributed by atoms with Crippen molar-refractivity contribution in [3.05, 3.63) is 42.5 Å². The Morgan fingerprint density at radius 1 is 0.885 bits per heavy atom. The first-order chi connectivity index (χ1) is 12.8. The number of hydrogen-bond acceptors (Lipinski definition) is 4. The van der Waals surface area contributed by atoms with Gasteiger partial charge in [0.2, 0.25) is 5.71 Å². The van der Waals surface area contributed by atoms with Crippen molar-refractivity contribution >= 4 is 33.2 Å². The summed E-state index contributed by atoms with van der Waals surface area (Å²) in [5.41, 5.74) is 3.88. The van der Waals surface area contributed by atoms with Gasteiger partial charge in [-0.25, -0.2) is 9.97 Å². The van der Waals surface area contributed by atoms with Crippen molar-refractivity contribution in [2.24, 2.45) is 0 Å². The summed E-state index contributed by atoms with van der Waals surface area (Å²) >= 11 is 0. The van der Waals surface area contributed by atoms with Gasteiger partial charge in [-0.3, -0.25) is 0 Å². The summed E-state index contributed by atoms with van der Waals surface area (Å²) in [5.74, 6) is 0.842. The van der Waals surface area contributed by atoms with Gasteiger partial charge in [-0.15, -0.1) is 0 Å². The molecule has 0 spiro atoms. The molecule has 0 aliphatic carbocycles. The van der Waals surface area contributed by atoms with Crippen molar-refractivity contribution < 1.29 is 9.15 Å². The van der Waals surface area contributed by atoms with E-state index in [-0.39, 0.29) is 0 Å². The first kappa shape index (κ1) is 16.8. The second-order valence-corrected chi connectivity index (χ2v) is 6.74. The lowest BCUT2D eigenvalue weighted by molar-refractivity contribution is 0.304. The van der Waals surface area contributed by atoms with Gasteiger partial charge in [0.25, 0.3) is 0 Å². The summed E-state index contributed by atoms with van der Waals surface area (Å²) < 4.78 is 11.8. The highest BCUT2D eigenvalue weighted by Gasteiger charge is 2.12. The molecule has 0 atom stereocenters. The fraction of sp³-hybridized carbons (Fsp3) is 0.364. The second-order valence-electron chi connectivity index (χ2n) is 6.74. The molecule has 0 amide bonds. The van der Waals surface area contributed by atoms with Crippen LogP contribution in [0.1, 0.15) is 45.4 Å². The fourth-order valence-corrected chi connectivity index (χ4v) is 3.28. The van der Waals surface area contributed by atoms with E-state index in [0.29, 0.717) is 5.71 Å². The lowest BCUT2D eigenvalue weighted by atomic mass is 10.1. The third-order valence-corrected chi connectivity index (χ3v) is 4.72. The van der Waals surface area contributed by atoms with Crippen LogP contribution in [0.4, 0.5) is 0 Å². The van der Waals surface area contributed by atoms with E-state index >= 15 is 0 Å². The molecule has 4 nitrogen and oxygen atoms in total. The summed E-state index contributed by atoms with van der Waals surface area (Å²) in [7, 11) is 0. The molecule has 4 heteroatoms. The van der Waals surface area contributed by atoms with E-state index in [2.05, 4.69) is 11.9 Å². The summed E-state index contributed by atoms with van der Waals surface area (Å²) in [5, 5.41) is 0.977. The van der Waals surface area contributed by atoms with E-state index in [4.69, 9.17) is 14.1 Å². The van der Waals surface area contributed by atoms with Crippen molar-refractivity contribution in [3.8, 4) is 5.75 Å². The number of rotatable bonds is 8. The highest BCUT2D eigenvalue weighted by Crippen LogP contribution is 2.30. The Hall–Kier alpha value is -2.62. The second kappa shape index (κ2) is 7.73. The predicted octanol–water partition coefficient (Wildman–Crippen LogP) is 6.27. The standard InChI is InChI=1S/C22H24N2O2/c1-2-3-4-5-6-9-14-25-16-12-13-17-20(15-16)26-22-21(17)23-18-10-7-8-11-19(18)24-22/h7-8,10-13,15H,2-6,9,14H2,1H3. The molecular formula is C22H24N2O2. The molecule has 0 bridgehead atoms. The van der Waals surface area contributed by atoms with Crippen molar-refractivity contribution in [3.63, 3.8) is 0 Å². The minimum absolute atomic E-state index is 0.576. The first-order valence-electron chi connectivity index (χ1n) is 9.57. The third kappa shape index (κ3) is 3.50. The molecule has 0 N–H and O–H groups in total. The van der Waals surface area contributed by atoms with Gasteiger partial charge in [-0.05, 0) is 30.7 Å². The number of benzene rings is 2. The van der Waals surface area contributed by atoms with E-state index < -0.39 is 0 Å². The number of aromatic nitrogens is 2. The van der Waals surface area contributed by atoms with E-state index in [1.54, 1.807) is 0 Å². The zero-order chi connectivity index (χ0) is 17.8. The average molecular weight is 348 g/mol. The van der Waals surface area contributed by atoms with Gasteiger partial charge in [-0.2, -0.15) is 0 Å². The maximum absolute atomic E-state index is 5.92. The van der Waals surface area contributed by atoms with Crippen LogP contribution in [-0.2, 0) is 0 Å². The van der Waals surface area contributed by atoms with Crippen molar-refractivity contribution in [1.29, 1.82) is 0 Å². The van der Waals surface area contributed by atoms with Crippen LogP contribution in [0.15, 0.2) is 46.9 Å². The molecule has 4 rings (SSSR count). The van der Waals surface area contributed by atoms with Gasteiger partial charge in [0.05, 0.1) is 17.6 Å². The first-order valence-corrected chi connectivity index (χ1v) is 9.57. The molecule has 0 saturated heterocycles. The van der Waals surface area contributed by atoms with Crippen LogP contribution in [0.3, 0.4) is 0 Å². The molecule has 0 radical (unpaired) electrons. The van der Waals surface area contributed by atoms with Crippen molar-refractivity contribution in [1.82, 2.24) is 9.97 Å². The molecule has 134 valence electrons. The number of nitrogens with zero attached hydrogens (tertiary/aromatic N) is 2. The van der Waals surface area contributed by atoms with E-state index in [9.17, 15) is 0 Å². The zero-order valence-corrected chi connectivity index (χ0v) is 15.2. The van der Waals surface area contributed by atoms with E-state index in [0.717, 1.165) is 46.3 Å². The monoisotopic (exact) mass is 348 g/mol. The molecule has 0 unspecified atom stereocenters. The quantitative estimate of drug-likeness (QED) is 0.352. The van der Waals surface area contributed by atoms with E-state index in [1.165, 1.54) is 32.1 Å². The molecule has 0 saturated carbocycles. The fourth-order valence-electron chi connectivity index (χ4n) is 3.28. The Balaban J connectivity index is 1.48. The van der Waals surface area contributed by atoms with Crippen LogP contribution >= 0.6 is 0 Å². The van der Waals surface area contributed by atoms with Gasteiger partial charge in [0.15, 0.2) is 0 Å². The number of ether oxygens (including phenoxy) is 1. The molecule has 2 heterocycles. The largest absolute Gasteiger partial charge is 0.493 e. The third-order valence-electron chi connectivity index (χ3n) is 4.72. The molecule has 26 heavy (non-hydrogen) atoms. The van der Waals surface area contributed by atoms with E-state index in [1.807, 2.05) is 42.5 Å². The molecule has 2 aromatic carbocycles. The smallest absolute Gasteiger partial charge is 0.246 e. The Morgan fingerprint density at radius 3 is 2.50 bits per heavy atom. The Bertz CT molecular complexity index is 1020. The van der Waals surface area contributed by atoms with Crippen LogP contribution in [0.5, 0.6) is 5.75 Å². The van der Waals surface area contributed by atoms with Gasteiger partial charge in [-0.1, -0.05) is 51.2 Å². The maximum Gasteiger partial charge on any atom is 0.246 e. The molecule has 0 aliphatic heterocycles. The van der Waals surface area contributed by atoms with Crippen LogP contribution in [0.25, 0.3) is 33.2 Å². The number of furan rings is 1. The molecule has 4 aromatic rings. The summed E-state index contributed by atoms with van der Waals surface area (Å²) in [4.78, 5) is 9.29. The van der Waals surface area contributed by atoms with Crippen LogP contribution in [-0.4, -0.2) is 16.6 Å². The number of para-hydroxylation sites is 2. The van der Waals surface area contributed by atoms with Gasteiger partial charge in [0, 0.05) is 11.5 Å². The average Bonchev–Trinajstić information content (AvgIpc) is 3.02. The summed E-state index contributed by atoms with van der Waals surface area (Å²) in [6.07, 6.45) is 7.57. The molecule has 2 aromatic heterocycles. The van der Waals surface area contributed by atoms with Crippen LogP contribution in [0.2, 0.25) is 0 Å². The highest BCUT2D eigenvalue weighted by atomic mass is 16.5. The van der Waals surface area contributed by atoms with Crippen LogP contribution in [0, 0.1) is 0 Å². The lowest BCUT2D eigenvalue weighted by Gasteiger charge is -2.05. The minimum Gasteiger partial charge on any atom is -0.493 e. The summed E-state index contributed by atoms with van der Waals surface area (Å²) in [6.45, 7) is 2.99. The Labute approximate surface area is 153 Å². The van der Waals surface area contributed by atoms with Gasteiger partial charge in [0.1, 0.15) is 16.8 Å². The number of hydrogen-bond donors (Lipinski definition) is 0. The topological polar surface area (TPSA) is 48.2 Å². The number of fused-ring (bicyclic) bond motifs is 4. The SMILES string of the molecule is CCCCCCCCOc1ccc2c(c1)oc1nc3ccccc3nc12. The maximum atomic E-state index is 5.92. The van der Waals surface area contributed by atoms with Crippen molar-refractivity contribution in [2.75, 3.05) is 6.61 Å². The van der Waals surface area contributed by atoms with Crippen molar-refractivity contribution in [2.45, 2.75) is 45.4 Å². The highest BCUT2D eigenvalue weighted by molar-refractivity contribution is 6.03. The summed E-state index contributed by atoms with van der Waals surface area (Å²) in [6, 6.07) is 13.8. The molecule has 0 fully saturated rings. The number of unbranched alkanes of at least 4 members (excludes halogenated alkanes) is 5. The molecule has 0 aliphatic rings. The van der Waals surface area contributed by atoms with Crippen LogP contribution < -0.4 is 4.74 Å². The molecular weight excluding hydrogens is 324 g/mol. The predicted molar refractivity (Wildman–Crippen MR) is 106 cm³/mol. The van der Waals surface area contributed by atoms with Gasteiger partial charge < -0.3 is 9.15 Å². The normalized spacial score (nSPS) is 11.6. The zero-order valence-electron chi connectivity index (χ0n) is 15.2. The Kier molecular flexibility index (Phi) is 5.00.